The van der Waals surface area contributed by atoms with E-state index in [0.29, 0.717) is 0 Å². The second kappa shape index (κ2) is 6.30. The Morgan fingerprint density at radius 2 is 2.00 bits per heavy atom. The minimum absolute atomic E-state index is 0.241. The van der Waals surface area contributed by atoms with Crippen LogP contribution in [0.15, 0.2) is 52.3 Å². The van der Waals surface area contributed by atoms with Gasteiger partial charge in [0.1, 0.15) is 0 Å². The molecule has 1 heterocycles. The standard InChI is InChI=1S/C18H18BrNS/c1-3-20-17(15-8-7-14(19)11-12(15)2)16-6-4-5-13-9-10-21-18(13)16/h4-11,17,20H,3H2,1-2H3. The monoisotopic (exact) mass is 359 g/mol. The lowest BCUT2D eigenvalue weighted by Gasteiger charge is -2.22. The molecule has 0 radical (unpaired) electrons. The van der Waals surface area contributed by atoms with Gasteiger partial charge in [-0.1, -0.05) is 47.1 Å². The van der Waals surface area contributed by atoms with Crippen molar-refractivity contribution in [1.29, 1.82) is 0 Å². The van der Waals surface area contributed by atoms with Crippen LogP contribution in [-0.4, -0.2) is 6.54 Å². The minimum atomic E-state index is 0.241. The van der Waals surface area contributed by atoms with Crippen molar-refractivity contribution < 1.29 is 0 Å². The van der Waals surface area contributed by atoms with E-state index in [2.05, 4.69) is 82.9 Å². The number of hydrogen-bond acceptors (Lipinski definition) is 2. The molecular formula is C18H18BrNS. The fraction of sp³-hybridized carbons (Fsp3) is 0.222. The molecule has 21 heavy (non-hydrogen) atoms. The number of benzene rings is 2. The zero-order valence-electron chi connectivity index (χ0n) is 12.2. The third kappa shape index (κ3) is 2.91. The van der Waals surface area contributed by atoms with Crippen molar-refractivity contribution in [2.24, 2.45) is 0 Å². The van der Waals surface area contributed by atoms with E-state index in [9.17, 15) is 0 Å². The van der Waals surface area contributed by atoms with Crippen LogP contribution < -0.4 is 5.32 Å². The molecule has 1 unspecified atom stereocenters. The molecular weight excluding hydrogens is 342 g/mol. The topological polar surface area (TPSA) is 12.0 Å². The third-order valence-electron chi connectivity index (χ3n) is 3.77. The molecule has 1 nitrogen and oxygen atoms in total. The Kier molecular flexibility index (Phi) is 4.43. The molecule has 1 aromatic heterocycles. The summed E-state index contributed by atoms with van der Waals surface area (Å²) in [7, 11) is 0. The number of thiophene rings is 1. The molecule has 0 fully saturated rings. The van der Waals surface area contributed by atoms with Crippen molar-refractivity contribution in [3.63, 3.8) is 0 Å². The number of fused-ring (bicyclic) bond motifs is 1. The number of hydrogen-bond donors (Lipinski definition) is 1. The van der Waals surface area contributed by atoms with Crippen LogP contribution in [0.4, 0.5) is 0 Å². The molecule has 0 aliphatic heterocycles. The quantitative estimate of drug-likeness (QED) is 0.632. The molecule has 0 amide bonds. The number of aryl methyl sites for hydroxylation is 1. The molecule has 0 saturated carbocycles. The van der Waals surface area contributed by atoms with Gasteiger partial charge in [-0.15, -0.1) is 11.3 Å². The maximum atomic E-state index is 3.65. The smallest absolute Gasteiger partial charge is 0.0593 e. The Morgan fingerprint density at radius 1 is 1.14 bits per heavy atom. The molecule has 1 N–H and O–H groups in total. The van der Waals surface area contributed by atoms with Gasteiger partial charge in [0.2, 0.25) is 0 Å². The lowest BCUT2D eigenvalue weighted by Crippen LogP contribution is -2.22. The Hall–Kier alpha value is -1.16. The van der Waals surface area contributed by atoms with Gasteiger partial charge in [-0.05, 0) is 59.1 Å². The van der Waals surface area contributed by atoms with E-state index in [-0.39, 0.29) is 6.04 Å². The van der Waals surface area contributed by atoms with Gasteiger partial charge in [-0.25, -0.2) is 0 Å². The molecule has 0 saturated heterocycles. The lowest BCUT2D eigenvalue weighted by molar-refractivity contribution is 0.632. The van der Waals surface area contributed by atoms with Gasteiger partial charge in [-0.3, -0.25) is 0 Å². The molecule has 0 bridgehead atoms. The van der Waals surface area contributed by atoms with Crippen LogP contribution >= 0.6 is 27.3 Å². The minimum Gasteiger partial charge on any atom is -0.306 e. The summed E-state index contributed by atoms with van der Waals surface area (Å²) < 4.78 is 2.51. The maximum absolute atomic E-state index is 3.65. The average Bonchev–Trinajstić information content (AvgIpc) is 2.94. The lowest BCUT2D eigenvalue weighted by atomic mass is 9.94. The molecule has 0 aliphatic carbocycles. The van der Waals surface area contributed by atoms with E-state index < -0.39 is 0 Å². The van der Waals surface area contributed by atoms with Crippen molar-refractivity contribution in [3.8, 4) is 0 Å². The molecule has 3 aromatic rings. The summed E-state index contributed by atoms with van der Waals surface area (Å²) in [4.78, 5) is 0. The van der Waals surface area contributed by atoms with Crippen LogP contribution in [-0.2, 0) is 0 Å². The predicted molar refractivity (Wildman–Crippen MR) is 96.2 cm³/mol. The SMILES string of the molecule is CCNC(c1ccc(Br)cc1C)c1cccc2ccsc12. The van der Waals surface area contributed by atoms with E-state index in [0.717, 1.165) is 11.0 Å². The van der Waals surface area contributed by atoms with Crippen molar-refractivity contribution in [2.75, 3.05) is 6.54 Å². The zero-order chi connectivity index (χ0) is 14.8. The Balaban J connectivity index is 2.15. The summed E-state index contributed by atoms with van der Waals surface area (Å²) in [6, 6.07) is 15.6. The van der Waals surface area contributed by atoms with Crippen LogP contribution in [0.5, 0.6) is 0 Å². The summed E-state index contributed by atoms with van der Waals surface area (Å²) >= 11 is 5.38. The summed E-state index contributed by atoms with van der Waals surface area (Å²) in [6.07, 6.45) is 0. The van der Waals surface area contributed by atoms with E-state index in [1.54, 1.807) is 0 Å². The van der Waals surface area contributed by atoms with E-state index in [4.69, 9.17) is 0 Å². The van der Waals surface area contributed by atoms with Crippen molar-refractivity contribution >= 4 is 37.4 Å². The molecule has 1 atom stereocenters. The highest BCUT2D eigenvalue weighted by atomic mass is 79.9. The van der Waals surface area contributed by atoms with Crippen LogP contribution in [0.2, 0.25) is 0 Å². The van der Waals surface area contributed by atoms with E-state index >= 15 is 0 Å². The fourth-order valence-electron chi connectivity index (χ4n) is 2.80. The Bertz CT molecular complexity index is 763. The Labute approximate surface area is 138 Å². The number of nitrogens with one attached hydrogen (secondary N) is 1. The van der Waals surface area contributed by atoms with E-state index in [1.165, 1.54) is 26.8 Å². The highest BCUT2D eigenvalue weighted by Gasteiger charge is 2.18. The number of halogens is 1. The van der Waals surface area contributed by atoms with Crippen LogP contribution in [0.25, 0.3) is 10.1 Å². The van der Waals surface area contributed by atoms with Gasteiger partial charge in [-0.2, -0.15) is 0 Å². The summed E-state index contributed by atoms with van der Waals surface area (Å²) in [5, 5.41) is 7.15. The second-order valence-corrected chi connectivity index (χ2v) is 7.01. The van der Waals surface area contributed by atoms with Crippen molar-refractivity contribution in [3.05, 3.63) is 69.0 Å². The highest BCUT2D eigenvalue weighted by Crippen LogP contribution is 2.34. The third-order valence-corrected chi connectivity index (χ3v) is 5.24. The normalized spacial score (nSPS) is 12.7. The highest BCUT2D eigenvalue weighted by molar-refractivity contribution is 9.10. The van der Waals surface area contributed by atoms with Crippen LogP contribution in [0.3, 0.4) is 0 Å². The van der Waals surface area contributed by atoms with Crippen LogP contribution in [0.1, 0.15) is 29.7 Å². The first-order chi connectivity index (χ1) is 10.2. The van der Waals surface area contributed by atoms with Gasteiger partial charge in [0.05, 0.1) is 6.04 Å². The van der Waals surface area contributed by atoms with Gasteiger partial charge < -0.3 is 5.32 Å². The molecule has 2 aromatic carbocycles. The van der Waals surface area contributed by atoms with Crippen LogP contribution in [0, 0.1) is 6.92 Å². The van der Waals surface area contributed by atoms with Gasteiger partial charge in [0, 0.05) is 9.17 Å². The van der Waals surface area contributed by atoms with Gasteiger partial charge >= 0.3 is 0 Å². The first-order valence-electron chi connectivity index (χ1n) is 7.16. The molecule has 3 rings (SSSR count). The summed E-state index contributed by atoms with van der Waals surface area (Å²) in [5.74, 6) is 0. The summed E-state index contributed by atoms with van der Waals surface area (Å²) in [6.45, 7) is 5.29. The van der Waals surface area contributed by atoms with Gasteiger partial charge in [0.25, 0.3) is 0 Å². The largest absolute Gasteiger partial charge is 0.306 e. The molecule has 3 heteroatoms. The van der Waals surface area contributed by atoms with Gasteiger partial charge in [0.15, 0.2) is 0 Å². The fourth-order valence-corrected chi connectivity index (χ4v) is 4.22. The maximum Gasteiger partial charge on any atom is 0.0593 e. The number of rotatable bonds is 4. The molecule has 0 spiro atoms. The summed E-state index contributed by atoms with van der Waals surface area (Å²) in [5.41, 5.74) is 4.03. The molecule has 108 valence electrons. The zero-order valence-corrected chi connectivity index (χ0v) is 14.6. The van der Waals surface area contributed by atoms with Crippen molar-refractivity contribution in [1.82, 2.24) is 5.32 Å². The first kappa shape index (κ1) is 14.8. The average molecular weight is 360 g/mol. The second-order valence-electron chi connectivity index (χ2n) is 5.18. The Morgan fingerprint density at radius 3 is 2.76 bits per heavy atom. The van der Waals surface area contributed by atoms with Crippen molar-refractivity contribution in [2.45, 2.75) is 19.9 Å². The predicted octanol–water partition coefficient (Wildman–Crippen LogP) is 5.67. The van der Waals surface area contributed by atoms with E-state index in [1.807, 2.05) is 11.3 Å². The first-order valence-corrected chi connectivity index (χ1v) is 8.83. The molecule has 0 aliphatic rings.